The summed E-state index contributed by atoms with van der Waals surface area (Å²) in [6, 6.07) is 7.93. The van der Waals surface area contributed by atoms with Gasteiger partial charge in [0.2, 0.25) is 5.91 Å². The summed E-state index contributed by atoms with van der Waals surface area (Å²) in [5.74, 6) is 0.221. The van der Waals surface area contributed by atoms with Crippen LogP contribution in [0.1, 0.15) is 25.3 Å². The van der Waals surface area contributed by atoms with E-state index in [1.54, 1.807) is 0 Å². The molecular formula is C15H23N3O. The zero-order valence-corrected chi connectivity index (χ0v) is 11.8. The van der Waals surface area contributed by atoms with E-state index in [0.717, 1.165) is 37.2 Å². The van der Waals surface area contributed by atoms with Crippen LogP contribution < -0.4 is 10.6 Å². The third-order valence-corrected chi connectivity index (χ3v) is 3.91. The van der Waals surface area contributed by atoms with Crippen molar-refractivity contribution in [2.45, 2.75) is 32.4 Å². The van der Waals surface area contributed by atoms with Crippen LogP contribution in [0.2, 0.25) is 0 Å². The lowest BCUT2D eigenvalue weighted by Crippen LogP contribution is -2.44. The summed E-state index contributed by atoms with van der Waals surface area (Å²) in [6.45, 7) is 4.30. The maximum absolute atomic E-state index is 12.4. The average Bonchev–Trinajstić information content (AvgIpc) is 2.99. The van der Waals surface area contributed by atoms with Crippen LogP contribution in [0.25, 0.3) is 0 Å². The molecule has 0 bridgehead atoms. The minimum Gasteiger partial charge on any atom is -0.363 e. The van der Waals surface area contributed by atoms with Crippen molar-refractivity contribution >= 4 is 11.6 Å². The molecule has 2 rings (SSSR count). The van der Waals surface area contributed by atoms with Crippen molar-refractivity contribution in [1.82, 2.24) is 4.90 Å². The summed E-state index contributed by atoms with van der Waals surface area (Å²) in [4.78, 5) is 16.4. The van der Waals surface area contributed by atoms with Gasteiger partial charge in [-0.25, -0.2) is 0 Å². The summed E-state index contributed by atoms with van der Waals surface area (Å²) in [7, 11) is 1.97. The molecule has 1 amide bonds. The number of rotatable bonds is 4. The maximum Gasteiger partial charge on any atom is 0.244 e. The Morgan fingerprint density at radius 2 is 2.11 bits per heavy atom. The van der Waals surface area contributed by atoms with Crippen LogP contribution in [-0.2, 0) is 11.3 Å². The van der Waals surface area contributed by atoms with E-state index < -0.39 is 0 Å². The fraction of sp³-hybridized carbons (Fsp3) is 0.533. The Kier molecular flexibility index (Phi) is 4.43. The first-order chi connectivity index (χ1) is 9.13. The molecule has 0 radical (unpaired) electrons. The zero-order valence-electron chi connectivity index (χ0n) is 11.8. The molecule has 19 heavy (non-hydrogen) atoms. The van der Waals surface area contributed by atoms with Gasteiger partial charge in [-0.2, -0.15) is 0 Å². The van der Waals surface area contributed by atoms with Gasteiger partial charge in [0.25, 0.3) is 0 Å². The first kappa shape index (κ1) is 13.9. The number of carbonyl (C=O) groups is 1. The molecule has 2 N–H and O–H groups in total. The highest BCUT2D eigenvalue weighted by Gasteiger charge is 2.26. The van der Waals surface area contributed by atoms with Gasteiger partial charge in [0.05, 0.1) is 0 Å². The molecule has 4 nitrogen and oxygen atoms in total. The number of amides is 1. The van der Waals surface area contributed by atoms with Crippen molar-refractivity contribution in [1.29, 1.82) is 0 Å². The molecule has 1 heterocycles. The first-order valence-corrected chi connectivity index (χ1v) is 6.94. The number of benzene rings is 1. The number of anilines is 1. The standard InChI is InChI=1S/C15H23N3O/c1-12(15(19)18-8-3-4-9-18)17(2)14-7-5-6-13(10-14)11-16/h5-7,10,12H,3-4,8-9,11,16H2,1-2H3. The number of hydrogen-bond donors (Lipinski definition) is 1. The Hall–Kier alpha value is -1.55. The number of likely N-dealkylation sites (N-methyl/N-ethyl adjacent to an activating group) is 1. The van der Waals surface area contributed by atoms with Crippen LogP contribution in [0.15, 0.2) is 24.3 Å². The van der Waals surface area contributed by atoms with Gasteiger partial charge in [0.1, 0.15) is 6.04 Å². The van der Waals surface area contributed by atoms with Crippen molar-refractivity contribution in [2.75, 3.05) is 25.0 Å². The van der Waals surface area contributed by atoms with Crippen LogP contribution in [-0.4, -0.2) is 37.0 Å². The van der Waals surface area contributed by atoms with Gasteiger partial charge in [-0.05, 0) is 37.5 Å². The molecule has 1 saturated heterocycles. The van der Waals surface area contributed by atoms with Gasteiger partial charge < -0.3 is 15.5 Å². The normalized spacial score (nSPS) is 16.5. The van der Waals surface area contributed by atoms with E-state index in [9.17, 15) is 4.79 Å². The summed E-state index contributed by atoms with van der Waals surface area (Å²) < 4.78 is 0. The van der Waals surface area contributed by atoms with Crippen molar-refractivity contribution < 1.29 is 4.79 Å². The number of likely N-dealkylation sites (tertiary alicyclic amines) is 1. The molecule has 4 heteroatoms. The van der Waals surface area contributed by atoms with Gasteiger partial charge in [-0.3, -0.25) is 4.79 Å². The molecule has 1 atom stereocenters. The summed E-state index contributed by atoms with van der Waals surface area (Å²) >= 11 is 0. The summed E-state index contributed by atoms with van der Waals surface area (Å²) in [5, 5.41) is 0. The lowest BCUT2D eigenvalue weighted by Gasteiger charge is -2.29. The fourth-order valence-corrected chi connectivity index (χ4v) is 2.49. The van der Waals surface area contributed by atoms with E-state index in [1.807, 2.05) is 48.0 Å². The first-order valence-electron chi connectivity index (χ1n) is 6.94. The van der Waals surface area contributed by atoms with Gasteiger partial charge >= 0.3 is 0 Å². The molecule has 0 spiro atoms. The predicted octanol–water partition coefficient (Wildman–Crippen LogP) is 1.59. The number of nitrogens with zero attached hydrogens (tertiary/aromatic N) is 2. The van der Waals surface area contributed by atoms with Crippen molar-refractivity contribution in [3.05, 3.63) is 29.8 Å². The Balaban J connectivity index is 2.08. The lowest BCUT2D eigenvalue weighted by atomic mass is 10.1. The molecule has 104 valence electrons. The Morgan fingerprint density at radius 1 is 1.42 bits per heavy atom. The molecule has 0 saturated carbocycles. The highest BCUT2D eigenvalue weighted by atomic mass is 16.2. The summed E-state index contributed by atoms with van der Waals surface area (Å²) in [6.07, 6.45) is 2.26. The van der Waals surface area contributed by atoms with Crippen LogP contribution >= 0.6 is 0 Å². The number of hydrogen-bond acceptors (Lipinski definition) is 3. The van der Waals surface area contributed by atoms with E-state index in [2.05, 4.69) is 0 Å². The maximum atomic E-state index is 12.4. The van der Waals surface area contributed by atoms with Crippen molar-refractivity contribution in [3.63, 3.8) is 0 Å². The Bertz CT molecular complexity index is 441. The van der Waals surface area contributed by atoms with Crippen LogP contribution in [0.4, 0.5) is 5.69 Å². The highest BCUT2D eigenvalue weighted by molar-refractivity contribution is 5.85. The SMILES string of the molecule is CC(C(=O)N1CCCC1)N(C)c1cccc(CN)c1. The van der Waals surface area contributed by atoms with Crippen LogP contribution in [0.5, 0.6) is 0 Å². The van der Waals surface area contributed by atoms with E-state index in [1.165, 1.54) is 0 Å². The van der Waals surface area contributed by atoms with Crippen molar-refractivity contribution in [3.8, 4) is 0 Å². The van der Waals surface area contributed by atoms with Crippen molar-refractivity contribution in [2.24, 2.45) is 5.73 Å². The van der Waals surface area contributed by atoms with Gasteiger partial charge in [0.15, 0.2) is 0 Å². The predicted molar refractivity (Wildman–Crippen MR) is 78.0 cm³/mol. The molecular weight excluding hydrogens is 238 g/mol. The molecule has 1 aliphatic rings. The molecule has 0 aliphatic carbocycles. The van der Waals surface area contributed by atoms with E-state index in [0.29, 0.717) is 6.54 Å². The van der Waals surface area contributed by atoms with Gasteiger partial charge in [0, 0.05) is 32.4 Å². The highest BCUT2D eigenvalue weighted by Crippen LogP contribution is 2.19. The second-order valence-electron chi connectivity index (χ2n) is 5.19. The molecule has 1 aromatic rings. The molecule has 1 aromatic carbocycles. The molecule has 0 aromatic heterocycles. The largest absolute Gasteiger partial charge is 0.363 e. The molecule has 1 unspecified atom stereocenters. The number of nitrogens with two attached hydrogens (primary N) is 1. The van der Waals surface area contributed by atoms with E-state index in [-0.39, 0.29) is 11.9 Å². The third kappa shape index (κ3) is 3.07. The second kappa shape index (κ2) is 6.06. The fourth-order valence-electron chi connectivity index (χ4n) is 2.49. The monoisotopic (exact) mass is 261 g/mol. The van der Waals surface area contributed by atoms with Gasteiger partial charge in [-0.1, -0.05) is 12.1 Å². The third-order valence-electron chi connectivity index (χ3n) is 3.91. The summed E-state index contributed by atoms with van der Waals surface area (Å²) in [5.41, 5.74) is 7.79. The molecule has 1 fully saturated rings. The topological polar surface area (TPSA) is 49.6 Å². The van der Waals surface area contributed by atoms with Crippen LogP contribution in [0.3, 0.4) is 0 Å². The minimum absolute atomic E-state index is 0.133. The minimum atomic E-state index is -0.133. The van der Waals surface area contributed by atoms with Gasteiger partial charge in [-0.15, -0.1) is 0 Å². The average molecular weight is 261 g/mol. The smallest absolute Gasteiger partial charge is 0.244 e. The number of carbonyl (C=O) groups excluding carboxylic acids is 1. The Labute approximate surface area is 115 Å². The second-order valence-corrected chi connectivity index (χ2v) is 5.19. The quantitative estimate of drug-likeness (QED) is 0.895. The zero-order chi connectivity index (χ0) is 13.8. The Morgan fingerprint density at radius 3 is 2.74 bits per heavy atom. The van der Waals surface area contributed by atoms with E-state index >= 15 is 0 Å². The van der Waals surface area contributed by atoms with E-state index in [4.69, 9.17) is 5.73 Å². The molecule has 1 aliphatic heterocycles. The lowest BCUT2D eigenvalue weighted by molar-refractivity contribution is -0.131. The van der Waals surface area contributed by atoms with Crippen LogP contribution in [0, 0.1) is 0 Å².